The first-order valence-electron chi connectivity index (χ1n) is 9.22. The van der Waals surface area contributed by atoms with E-state index in [9.17, 15) is 4.79 Å². The van der Waals surface area contributed by atoms with Crippen LogP contribution in [0.25, 0.3) is 0 Å². The highest BCUT2D eigenvalue weighted by atomic mass is 16.6. The molecule has 1 saturated heterocycles. The van der Waals surface area contributed by atoms with Crippen molar-refractivity contribution in [1.82, 2.24) is 9.80 Å². The third-order valence-corrected chi connectivity index (χ3v) is 4.25. The topological polar surface area (TPSA) is 44.8 Å². The zero-order valence-electron chi connectivity index (χ0n) is 16.3. The second kappa shape index (κ2) is 8.56. The summed E-state index contributed by atoms with van der Waals surface area (Å²) in [4.78, 5) is 16.5. The molecule has 1 atom stereocenters. The Morgan fingerprint density at radius 1 is 1.24 bits per heavy atom. The Kier molecular flexibility index (Phi) is 6.71. The van der Waals surface area contributed by atoms with Gasteiger partial charge in [0.1, 0.15) is 5.60 Å². The number of hydrogen-bond acceptors (Lipinski definition) is 4. The van der Waals surface area contributed by atoms with E-state index < -0.39 is 5.60 Å². The Labute approximate surface area is 152 Å². The van der Waals surface area contributed by atoms with Gasteiger partial charge in [0.25, 0.3) is 0 Å². The van der Waals surface area contributed by atoms with Gasteiger partial charge in [-0.05, 0) is 71.8 Å². The molecule has 1 fully saturated rings. The molecule has 5 heteroatoms. The number of hydrogen-bond donors (Lipinski definition) is 1. The van der Waals surface area contributed by atoms with E-state index in [0.29, 0.717) is 0 Å². The molecule has 1 N–H and O–H groups in total. The highest BCUT2D eigenvalue weighted by Crippen LogP contribution is 2.21. The molecule has 1 aliphatic heterocycles. The number of likely N-dealkylation sites (tertiary alicyclic amines) is 1. The highest BCUT2D eigenvalue weighted by molar-refractivity contribution is 5.68. The van der Waals surface area contributed by atoms with E-state index in [2.05, 4.69) is 48.6 Å². The van der Waals surface area contributed by atoms with E-state index in [-0.39, 0.29) is 12.1 Å². The number of carbonyl (C=O) groups excluding carboxylic acids is 1. The van der Waals surface area contributed by atoms with Gasteiger partial charge in [-0.25, -0.2) is 4.79 Å². The molecule has 2 rings (SSSR count). The number of rotatable bonds is 5. The molecule has 0 bridgehead atoms. The molecule has 25 heavy (non-hydrogen) atoms. The van der Waals surface area contributed by atoms with Gasteiger partial charge in [0, 0.05) is 25.3 Å². The van der Waals surface area contributed by atoms with Gasteiger partial charge >= 0.3 is 6.09 Å². The number of anilines is 1. The summed E-state index contributed by atoms with van der Waals surface area (Å²) in [5, 5.41) is 3.48. The van der Waals surface area contributed by atoms with Crippen molar-refractivity contribution < 1.29 is 9.53 Å². The van der Waals surface area contributed by atoms with E-state index in [1.165, 1.54) is 5.56 Å². The third-order valence-electron chi connectivity index (χ3n) is 4.25. The summed E-state index contributed by atoms with van der Waals surface area (Å²) in [5.41, 5.74) is 1.94. The maximum absolute atomic E-state index is 12.5. The second-order valence-corrected chi connectivity index (χ2v) is 8.14. The zero-order chi connectivity index (χ0) is 18.4. The van der Waals surface area contributed by atoms with E-state index in [1.54, 1.807) is 0 Å². The largest absolute Gasteiger partial charge is 0.444 e. The molecule has 1 amide bonds. The number of carbonyl (C=O) groups is 1. The van der Waals surface area contributed by atoms with Crippen molar-refractivity contribution in [2.45, 2.75) is 58.2 Å². The lowest BCUT2D eigenvalue weighted by Gasteiger charge is -2.37. The Bertz CT molecular complexity index is 549. The van der Waals surface area contributed by atoms with Crippen LogP contribution >= 0.6 is 0 Å². The first-order chi connectivity index (χ1) is 11.7. The second-order valence-electron chi connectivity index (χ2n) is 8.14. The Balaban J connectivity index is 1.91. The van der Waals surface area contributed by atoms with E-state index >= 15 is 0 Å². The number of benzene rings is 1. The maximum Gasteiger partial charge on any atom is 0.410 e. The summed E-state index contributed by atoms with van der Waals surface area (Å²) in [6, 6.07) is 8.70. The predicted octanol–water partition coefficient (Wildman–Crippen LogP) is 3.95. The summed E-state index contributed by atoms with van der Waals surface area (Å²) in [6.07, 6.45) is 3.04. The van der Waals surface area contributed by atoms with Crippen molar-refractivity contribution in [1.29, 1.82) is 0 Å². The van der Waals surface area contributed by atoms with E-state index in [1.807, 2.05) is 25.7 Å². The summed E-state index contributed by atoms with van der Waals surface area (Å²) in [6.45, 7) is 8.22. The molecule has 1 aromatic carbocycles. The minimum absolute atomic E-state index is 0.185. The van der Waals surface area contributed by atoms with Crippen molar-refractivity contribution in [3.05, 3.63) is 29.8 Å². The summed E-state index contributed by atoms with van der Waals surface area (Å²) >= 11 is 0. The van der Waals surface area contributed by atoms with Gasteiger partial charge in [-0.2, -0.15) is 0 Å². The standard InChI is InChI=1S/C20H33N3O2/c1-20(2,3)25-19(24)23-13-7-6-8-18(23)14-21-17-11-9-16(10-12-17)15-22(4)5/h9-12,18,21H,6-8,13-15H2,1-5H3. The number of nitrogens with zero attached hydrogens (tertiary/aromatic N) is 2. The summed E-state index contributed by atoms with van der Waals surface area (Å²) in [5.74, 6) is 0. The van der Waals surface area contributed by atoms with Crippen molar-refractivity contribution in [2.24, 2.45) is 0 Å². The Morgan fingerprint density at radius 3 is 2.52 bits per heavy atom. The Morgan fingerprint density at radius 2 is 1.92 bits per heavy atom. The Hall–Kier alpha value is -1.75. The first-order valence-corrected chi connectivity index (χ1v) is 9.22. The van der Waals surface area contributed by atoms with Gasteiger partial charge in [0.15, 0.2) is 0 Å². The summed E-state index contributed by atoms with van der Waals surface area (Å²) < 4.78 is 5.57. The van der Waals surface area contributed by atoms with Crippen molar-refractivity contribution in [3.8, 4) is 0 Å². The predicted molar refractivity (Wildman–Crippen MR) is 103 cm³/mol. The minimum Gasteiger partial charge on any atom is -0.444 e. The molecule has 0 spiro atoms. The van der Waals surface area contributed by atoms with Gasteiger partial charge in [0.05, 0.1) is 6.04 Å². The quantitative estimate of drug-likeness (QED) is 0.876. The number of piperidine rings is 1. The number of amides is 1. The van der Waals surface area contributed by atoms with Crippen LogP contribution in [0.5, 0.6) is 0 Å². The van der Waals surface area contributed by atoms with Crippen LogP contribution in [0.4, 0.5) is 10.5 Å². The van der Waals surface area contributed by atoms with Gasteiger partial charge in [0.2, 0.25) is 0 Å². The molecule has 0 aliphatic carbocycles. The average Bonchev–Trinajstić information content (AvgIpc) is 2.52. The lowest BCUT2D eigenvalue weighted by molar-refractivity contribution is 0.0114. The number of ether oxygens (including phenoxy) is 1. The van der Waals surface area contributed by atoms with Crippen molar-refractivity contribution >= 4 is 11.8 Å². The molecule has 1 unspecified atom stereocenters. The van der Waals surface area contributed by atoms with Crippen LogP contribution < -0.4 is 5.32 Å². The van der Waals surface area contributed by atoms with Crippen LogP contribution in [0.2, 0.25) is 0 Å². The van der Waals surface area contributed by atoms with Gasteiger partial charge in [-0.3, -0.25) is 0 Å². The molecule has 1 heterocycles. The molecule has 5 nitrogen and oxygen atoms in total. The molecular formula is C20H33N3O2. The minimum atomic E-state index is -0.450. The molecular weight excluding hydrogens is 314 g/mol. The van der Waals surface area contributed by atoms with Crippen LogP contribution in [-0.4, -0.2) is 54.7 Å². The van der Waals surface area contributed by atoms with Crippen molar-refractivity contribution in [3.63, 3.8) is 0 Å². The van der Waals surface area contributed by atoms with Gasteiger partial charge in [-0.15, -0.1) is 0 Å². The fourth-order valence-electron chi connectivity index (χ4n) is 3.10. The number of nitrogens with one attached hydrogen (secondary N) is 1. The molecule has 0 saturated carbocycles. The zero-order valence-corrected chi connectivity index (χ0v) is 16.3. The fourth-order valence-corrected chi connectivity index (χ4v) is 3.10. The SMILES string of the molecule is CN(C)Cc1ccc(NCC2CCCCN2C(=O)OC(C)(C)C)cc1. The molecule has 1 aliphatic rings. The molecule has 0 aromatic heterocycles. The lowest BCUT2D eigenvalue weighted by atomic mass is 10.0. The molecule has 0 radical (unpaired) electrons. The maximum atomic E-state index is 12.5. The van der Waals surface area contributed by atoms with Crippen LogP contribution in [0.15, 0.2) is 24.3 Å². The monoisotopic (exact) mass is 347 g/mol. The molecule has 140 valence electrons. The first kappa shape index (κ1) is 19.6. The summed E-state index contributed by atoms with van der Waals surface area (Å²) in [7, 11) is 4.14. The van der Waals surface area contributed by atoms with Gasteiger partial charge in [-0.1, -0.05) is 12.1 Å². The van der Waals surface area contributed by atoms with Crippen LogP contribution in [0.3, 0.4) is 0 Å². The lowest BCUT2D eigenvalue weighted by Crippen LogP contribution is -2.48. The van der Waals surface area contributed by atoms with Crippen LogP contribution in [0, 0.1) is 0 Å². The van der Waals surface area contributed by atoms with E-state index in [4.69, 9.17) is 4.74 Å². The van der Waals surface area contributed by atoms with Crippen LogP contribution in [-0.2, 0) is 11.3 Å². The fraction of sp³-hybridized carbons (Fsp3) is 0.650. The average molecular weight is 348 g/mol. The highest BCUT2D eigenvalue weighted by Gasteiger charge is 2.30. The van der Waals surface area contributed by atoms with E-state index in [0.717, 1.165) is 44.6 Å². The normalized spacial score (nSPS) is 18.3. The van der Waals surface area contributed by atoms with Crippen LogP contribution in [0.1, 0.15) is 45.6 Å². The third kappa shape index (κ3) is 6.58. The smallest absolute Gasteiger partial charge is 0.410 e. The molecule has 1 aromatic rings. The van der Waals surface area contributed by atoms with Crippen molar-refractivity contribution in [2.75, 3.05) is 32.5 Å². The van der Waals surface area contributed by atoms with Gasteiger partial charge < -0.3 is 19.9 Å².